The van der Waals surface area contributed by atoms with Gasteiger partial charge in [0.05, 0.1) is 10.5 Å². The molecule has 0 amide bonds. The number of hydrogen-bond donors (Lipinski definition) is 1. The maximum absolute atomic E-state index is 10.7. The lowest BCUT2D eigenvalue weighted by atomic mass is 10.1. The van der Waals surface area contributed by atoms with Crippen molar-refractivity contribution < 1.29 is 9.76 Å². The molecule has 0 saturated carbocycles. The molecule has 1 heterocycles. The lowest BCUT2D eigenvalue weighted by Crippen LogP contribution is -1.98. The van der Waals surface area contributed by atoms with Gasteiger partial charge in [-0.1, -0.05) is 12.1 Å². The fraction of sp³-hybridized carbons (Fsp3) is 0.250. The molecular formula is C8H8N2O3. The summed E-state index contributed by atoms with van der Waals surface area (Å²) in [5, 5.41) is 10.7. The topological polar surface area (TPSA) is 77.6 Å². The Kier molecular flexibility index (Phi) is 1.75. The van der Waals surface area contributed by atoms with Crippen LogP contribution in [0, 0.1) is 17.0 Å². The van der Waals surface area contributed by atoms with Crippen LogP contribution in [0.3, 0.4) is 0 Å². The van der Waals surface area contributed by atoms with Crippen LogP contribution < -0.4 is 5.48 Å². The van der Waals surface area contributed by atoms with Crippen LogP contribution in [0.4, 0.5) is 5.69 Å². The highest BCUT2D eigenvalue weighted by Crippen LogP contribution is 2.33. The van der Waals surface area contributed by atoms with Crippen LogP contribution in [-0.2, 0) is 4.84 Å². The average Bonchev–Trinajstić information content (AvgIpc) is 2.85. The van der Waals surface area contributed by atoms with Gasteiger partial charge in [-0.3, -0.25) is 15.0 Å². The zero-order valence-corrected chi connectivity index (χ0v) is 6.98. The Hall–Kier alpha value is -1.46. The van der Waals surface area contributed by atoms with Crippen molar-refractivity contribution in [3.05, 3.63) is 39.4 Å². The Morgan fingerprint density at radius 2 is 2.31 bits per heavy atom. The van der Waals surface area contributed by atoms with Crippen molar-refractivity contribution in [3.63, 3.8) is 0 Å². The Morgan fingerprint density at radius 1 is 1.62 bits per heavy atom. The first-order chi connectivity index (χ1) is 6.20. The average molecular weight is 180 g/mol. The molecule has 1 fully saturated rings. The number of nitro benzene ring substituents is 1. The fourth-order valence-corrected chi connectivity index (χ4v) is 1.30. The maximum Gasteiger partial charge on any atom is 0.279 e. The van der Waals surface area contributed by atoms with Crippen molar-refractivity contribution in [2.24, 2.45) is 0 Å². The normalized spacial score (nSPS) is 19.9. The number of nitrogens with one attached hydrogen (secondary N) is 1. The van der Waals surface area contributed by atoms with E-state index in [2.05, 4.69) is 5.48 Å². The number of hydrogen-bond acceptors (Lipinski definition) is 4. The van der Waals surface area contributed by atoms with Crippen LogP contribution >= 0.6 is 0 Å². The molecular weight excluding hydrogens is 172 g/mol. The van der Waals surface area contributed by atoms with Gasteiger partial charge in [0.25, 0.3) is 5.69 Å². The lowest BCUT2D eigenvalue weighted by Gasteiger charge is -2.00. The molecule has 0 aromatic heterocycles. The van der Waals surface area contributed by atoms with Crippen molar-refractivity contribution in [1.82, 2.24) is 5.48 Å². The minimum absolute atomic E-state index is 0.137. The highest BCUT2D eigenvalue weighted by atomic mass is 16.8. The number of nitrogens with zero attached hydrogens (tertiary/aromatic N) is 1. The molecule has 0 spiro atoms. The second-order valence-corrected chi connectivity index (χ2v) is 2.89. The third kappa shape index (κ3) is 1.39. The predicted octanol–water partition coefficient (Wildman–Crippen LogP) is 1.44. The summed E-state index contributed by atoms with van der Waals surface area (Å²) < 4.78 is 0. The van der Waals surface area contributed by atoms with E-state index in [4.69, 9.17) is 4.84 Å². The number of hydroxylamine groups is 1. The van der Waals surface area contributed by atoms with E-state index in [-0.39, 0.29) is 16.8 Å². The third-order valence-electron chi connectivity index (χ3n) is 1.97. The molecule has 68 valence electrons. The molecule has 1 saturated heterocycles. The summed E-state index contributed by atoms with van der Waals surface area (Å²) in [6, 6.07) is 5.18. The van der Waals surface area contributed by atoms with Crippen molar-refractivity contribution in [2.45, 2.75) is 13.2 Å². The van der Waals surface area contributed by atoms with E-state index >= 15 is 0 Å². The molecule has 1 aliphatic rings. The number of aryl methyl sites for hydroxylation is 1. The van der Waals surface area contributed by atoms with Crippen molar-refractivity contribution in [3.8, 4) is 0 Å². The van der Waals surface area contributed by atoms with E-state index in [1.165, 1.54) is 0 Å². The minimum Gasteiger partial charge on any atom is -0.273 e. The monoisotopic (exact) mass is 180 g/mol. The van der Waals surface area contributed by atoms with Crippen LogP contribution in [0.25, 0.3) is 0 Å². The van der Waals surface area contributed by atoms with E-state index in [1.807, 2.05) is 0 Å². The van der Waals surface area contributed by atoms with Gasteiger partial charge in [-0.15, -0.1) is 0 Å². The Labute approximate surface area is 74.4 Å². The molecule has 5 heteroatoms. The summed E-state index contributed by atoms with van der Waals surface area (Å²) in [6.45, 7) is 1.71. The van der Waals surface area contributed by atoms with Gasteiger partial charge in [0, 0.05) is 5.56 Å². The SMILES string of the molecule is Cc1cccc(C2NO2)c1[N+](=O)[O-]. The third-order valence-corrected chi connectivity index (χ3v) is 1.97. The lowest BCUT2D eigenvalue weighted by molar-refractivity contribution is -0.386. The molecule has 13 heavy (non-hydrogen) atoms. The van der Waals surface area contributed by atoms with Crippen LogP contribution in [0.1, 0.15) is 17.4 Å². The molecule has 5 nitrogen and oxygen atoms in total. The van der Waals surface area contributed by atoms with Gasteiger partial charge in [0.2, 0.25) is 0 Å². The van der Waals surface area contributed by atoms with Gasteiger partial charge >= 0.3 is 0 Å². The van der Waals surface area contributed by atoms with Crippen LogP contribution in [-0.4, -0.2) is 4.92 Å². The standard InChI is InChI=1S/C8H8N2O3/c1-5-3-2-4-6(8-9-13-8)7(5)10(11)12/h2-4,8-9H,1H3. The van der Waals surface area contributed by atoms with Gasteiger partial charge in [0.15, 0.2) is 6.23 Å². The van der Waals surface area contributed by atoms with Crippen LogP contribution in [0.2, 0.25) is 0 Å². The van der Waals surface area contributed by atoms with E-state index < -0.39 is 0 Å². The van der Waals surface area contributed by atoms with Crippen LogP contribution in [0.5, 0.6) is 0 Å². The second-order valence-electron chi connectivity index (χ2n) is 2.89. The molecule has 1 aromatic rings. The first kappa shape index (κ1) is 8.15. The zero-order chi connectivity index (χ0) is 9.42. The second kappa shape index (κ2) is 2.79. The Balaban J connectivity index is 2.53. The number of rotatable bonds is 2. The summed E-state index contributed by atoms with van der Waals surface area (Å²) in [6.07, 6.45) is -0.305. The van der Waals surface area contributed by atoms with Gasteiger partial charge in [-0.2, -0.15) is 5.48 Å². The van der Waals surface area contributed by atoms with Crippen molar-refractivity contribution in [2.75, 3.05) is 0 Å². The molecule has 0 bridgehead atoms. The number of para-hydroxylation sites is 1. The van der Waals surface area contributed by atoms with E-state index in [0.29, 0.717) is 11.1 Å². The summed E-state index contributed by atoms with van der Waals surface area (Å²) in [5.41, 5.74) is 3.95. The molecule has 1 aromatic carbocycles. The van der Waals surface area contributed by atoms with E-state index in [9.17, 15) is 10.1 Å². The van der Waals surface area contributed by atoms with Gasteiger partial charge in [-0.05, 0) is 13.0 Å². The quantitative estimate of drug-likeness (QED) is 0.424. The number of benzene rings is 1. The summed E-state index contributed by atoms with van der Waals surface area (Å²) >= 11 is 0. The summed E-state index contributed by atoms with van der Waals surface area (Å²) in [7, 11) is 0. The maximum atomic E-state index is 10.7. The molecule has 2 rings (SSSR count). The van der Waals surface area contributed by atoms with E-state index in [0.717, 1.165) is 0 Å². The molecule has 1 N–H and O–H groups in total. The largest absolute Gasteiger partial charge is 0.279 e. The fourth-order valence-electron chi connectivity index (χ4n) is 1.30. The molecule has 0 radical (unpaired) electrons. The van der Waals surface area contributed by atoms with Crippen molar-refractivity contribution in [1.29, 1.82) is 0 Å². The molecule has 0 aliphatic carbocycles. The molecule has 1 unspecified atom stereocenters. The zero-order valence-electron chi connectivity index (χ0n) is 6.98. The van der Waals surface area contributed by atoms with Gasteiger partial charge < -0.3 is 0 Å². The molecule has 1 atom stereocenters. The minimum atomic E-state index is -0.381. The van der Waals surface area contributed by atoms with Gasteiger partial charge in [0.1, 0.15) is 0 Å². The van der Waals surface area contributed by atoms with Gasteiger partial charge in [-0.25, -0.2) is 0 Å². The smallest absolute Gasteiger partial charge is 0.273 e. The summed E-state index contributed by atoms with van der Waals surface area (Å²) in [4.78, 5) is 15.1. The first-order valence-electron chi connectivity index (χ1n) is 3.85. The number of nitro groups is 1. The highest BCUT2D eigenvalue weighted by Gasteiger charge is 2.32. The summed E-state index contributed by atoms with van der Waals surface area (Å²) in [5.74, 6) is 0. The van der Waals surface area contributed by atoms with Crippen molar-refractivity contribution >= 4 is 5.69 Å². The molecule has 1 aliphatic heterocycles. The van der Waals surface area contributed by atoms with Crippen LogP contribution in [0.15, 0.2) is 18.2 Å². The predicted molar refractivity (Wildman–Crippen MR) is 44.8 cm³/mol. The Morgan fingerprint density at radius 3 is 2.85 bits per heavy atom. The first-order valence-corrected chi connectivity index (χ1v) is 3.85. The Bertz CT molecular complexity index is 360. The van der Waals surface area contributed by atoms with E-state index in [1.54, 1.807) is 25.1 Å². The highest BCUT2D eigenvalue weighted by molar-refractivity contribution is 5.48.